The first-order valence-electron chi connectivity index (χ1n) is 8.38. The zero-order chi connectivity index (χ0) is 17.9. The van der Waals surface area contributed by atoms with Gasteiger partial charge >= 0.3 is 0 Å². The van der Waals surface area contributed by atoms with Crippen LogP contribution in [0.15, 0.2) is 46.7 Å². The van der Waals surface area contributed by atoms with E-state index in [9.17, 15) is 8.42 Å². The number of thioether (sulfide) groups is 1. The topological polar surface area (TPSA) is 46.6 Å². The lowest BCUT2D eigenvalue weighted by atomic mass is 10.2. The van der Waals surface area contributed by atoms with Crippen LogP contribution in [0.5, 0.6) is 5.75 Å². The zero-order valence-electron chi connectivity index (χ0n) is 14.4. The van der Waals surface area contributed by atoms with Crippen molar-refractivity contribution >= 4 is 33.1 Å². The van der Waals surface area contributed by atoms with Crippen LogP contribution in [0.3, 0.4) is 0 Å². The number of hydrogen-bond donors (Lipinski definition) is 0. The monoisotopic (exact) mass is 397 g/mol. The summed E-state index contributed by atoms with van der Waals surface area (Å²) >= 11 is 3.60. The van der Waals surface area contributed by atoms with Crippen LogP contribution in [0.4, 0.5) is 0 Å². The second kappa shape index (κ2) is 8.12. The van der Waals surface area contributed by atoms with E-state index in [0.717, 1.165) is 12.2 Å². The fourth-order valence-corrected chi connectivity index (χ4v) is 6.61. The van der Waals surface area contributed by atoms with Crippen LogP contribution in [-0.4, -0.2) is 37.7 Å². The number of sulfonamides is 1. The van der Waals surface area contributed by atoms with Crippen molar-refractivity contribution in [3.05, 3.63) is 46.7 Å². The predicted octanol–water partition coefficient (Wildman–Crippen LogP) is 4.40. The third-order valence-electron chi connectivity index (χ3n) is 3.99. The van der Waals surface area contributed by atoms with Gasteiger partial charge in [-0.3, -0.25) is 0 Å². The molecule has 0 N–H and O–H groups in total. The Labute approximate surface area is 158 Å². The van der Waals surface area contributed by atoms with E-state index in [1.807, 2.05) is 25.6 Å². The lowest BCUT2D eigenvalue weighted by molar-refractivity contribution is 0.242. The minimum atomic E-state index is -3.45. The predicted molar refractivity (Wildman–Crippen MR) is 105 cm³/mol. The van der Waals surface area contributed by atoms with Crippen LogP contribution in [0.1, 0.15) is 30.4 Å². The summed E-state index contributed by atoms with van der Waals surface area (Å²) in [4.78, 5) is 1.67. The van der Waals surface area contributed by atoms with Gasteiger partial charge in [-0.05, 0) is 56.0 Å². The number of hydrogen-bond acceptors (Lipinski definition) is 5. The van der Waals surface area contributed by atoms with Gasteiger partial charge in [0.1, 0.15) is 5.75 Å². The summed E-state index contributed by atoms with van der Waals surface area (Å²) in [7, 11) is -3.45. The van der Waals surface area contributed by atoms with Crippen LogP contribution in [0.25, 0.3) is 0 Å². The smallest absolute Gasteiger partial charge is 0.243 e. The maximum atomic E-state index is 12.9. The molecule has 0 aliphatic carbocycles. The fourth-order valence-electron chi connectivity index (χ4n) is 2.80. The maximum absolute atomic E-state index is 12.9. The molecular weight excluding hydrogens is 374 g/mol. The van der Waals surface area contributed by atoms with Crippen molar-refractivity contribution in [3.63, 3.8) is 0 Å². The van der Waals surface area contributed by atoms with Crippen LogP contribution < -0.4 is 4.74 Å². The molecule has 1 aromatic heterocycles. The quantitative estimate of drug-likeness (QED) is 0.750. The second-order valence-corrected chi connectivity index (χ2v) is 10.4. The van der Waals surface area contributed by atoms with Gasteiger partial charge in [-0.1, -0.05) is 6.07 Å². The summed E-state index contributed by atoms with van der Waals surface area (Å²) in [6, 6.07) is 10.9. The van der Waals surface area contributed by atoms with Crippen LogP contribution in [0.2, 0.25) is 0 Å². The van der Waals surface area contributed by atoms with E-state index in [-0.39, 0.29) is 6.10 Å². The number of thiophene rings is 1. The van der Waals surface area contributed by atoms with Gasteiger partial charge in [0.2, 0.25) is 10.0 Å². The highest BCUT2D eigenvalue weighted by Crippen LogP contribution is 2.37. The molecule has 1 aliphatic rings. The average Bonchev–Trinajstić information content (AvgIpc) is 2.99. The maximum Gasteiger partial charge on any atom is 0.243 e. The summed E-state index contributed by atoms with van der Waals surface area (Å²) in [6.07, 6.45) is 0.915. The molecule has 0 saturated carbocycles. The average molecular weight is 398 g/mol. The Bertz CT molecular complexity index is 770. The van der Waals surface area contributed by atoms with E-state index in [0.29, 0.717) is 29.0 Å². The molecule has 0 amide bonds. The van der Waals surface area contributed by atoms with Gasteiger partial charge in [-0.25, -0.2) is 8.42 Å². The molecule has 1 saturated heterocycles. The minimum absolute atomic E-state index is 0.0688. The number of ether oxygens (including phenoxy) is 1. The molecule has 1 unspecified atom stereocenters. The molecule has 0 bridgehead atoms. The first-order chi connectivity index (χ1) is 12.0. The first-order valence-corrected chi connectivity index (χ1v) is 11.8. The van der Waals surface area contributed by atoms with E-state index in [1.165, 1.54) is 4.88 Å². The number of benzene rings is 1. The molecule has 3 rings (SSSR count). The summed E-state index contributed by atoms with van der Waals surface area (Å²) in [6.45, 7) is 5.01. The Morgan fingerprint density at radius 3 is 2.56 bits per heavy atom. The molecule has 136 valence electrons. The molecule has 7 heteroatoms. The fraction of sp³-hybridized carbons (Fsp3) is 0.444. The van der Waals surface area contributed by atoms with Crippen molar-refractivity contribution in [3.8, 4) is 5.75 Å². The van der Waals surface area contributed by atoms with Crippen molar-refractivity contribution in [2.45, 2.75) is 36.5 Å². The van der Waals surface area contributed by atoms with Gasteiger partial charge in [0.05, 0.1) is 11.0 Å². The first kappa shape index (κ1) is 18.8. The van der Waals surface area contributed by atoms with Crippen LogP contribution >= 0.6 is 23.1 Å². The molecule has 2 aromatic rings. The molecule has 1 aliphatic heterocycles. The van der Waals surface area contributed by atoms with Gasteiger partial charge in [0.15, 0.2) is 0 Å². The molecule has 2 heterocycles. The number of rotatable bonds is 5. The van der Waals surface area contributed by atoms with E-state index in [2.05, 4.69) is 17.5 Å². The van der Waals surface area contributed by atoms with Gasteiger partial charge in [0.25, 0.3) is 0 Å². The molecular formula is C18H23NO3S3. The highest BCUT2D eigenvalue weighted by atomic mass is 32.2. The lowest BCUT2D eigenvalue weighted by Crippen LogP contribution is -2.33. The molecule has 1 atom stereocenters. The van der Waals surface area contributed by atoms with E-state index in [1.54, 1.807) is 39.9 Å². The Morgan fingerprint density at radius 1 is 1.16 bits per heavy atom. The highest BCUT2D eigenvalue weighted by Gasteiger charge is 2.28. The van der Waals surface area contributed by atoms with Gasteiger partial charge < -0.3 is 4.74 Å². The molecule has 0 spiro atoms. The Morgan fingerprint density at radius 2 is 1.92 bits per heavy atom. The largest absolute Gasteiger partial charge is 0.491 e. The van der Waals surface area contributed by atoms with Crippen molar-refractivity contribution in [1.82, 2.24) is 4.31 Å². The third-order valence-corrected chi connectivity index (χ3v) is 8.35. The molecule has 1 aromatic carbocycles. The van der Waals surface area contributed by atoms with Gasteiger partial charge in [0, 0.05) is 29.0 Å². The van der Waals surface area contributed by atoms with Crippen molar-refractivity contribution in [1.29, 1.82) is 0 Å². The Kier molecular flexibility index (Phi) is 6.09. The Balaban J connectivity index is 1.71. The van der Waals surface area contributed by atoms with E-state index >= 15 is 0 Å². The summed E-state index contributed by atoms with van der Waals surface area (Å²) in [5.41, 5.74) is 0. The van der Waals surface area contributed by atoms with E-state index in [4.69, 9.17) is 4.74 Å². The second-order valence-electron chi connectivity index (χ2n) is 6.21. The van der Waals surface area contributed by atoms with Crippen LogP contribution in [0, 0.1) is 0 Å². The Hall–Kier alpha value is -1.02. The molecule has 4 nitrogen and oxygen atoms in total. The van der Waals surface area contributed by atoms with Crippen LogP contribution in [-0.2, 0) is 10.0 Å². The SMILES string of the molecule is CC(C)Oc1ccc(S(=O)(=O)N2CCSC(c3cccs3)CC2)cc1. The minimum Gasteiger partial charge on any atom is -0.491 e. The summed E-state index contributed by atoms with van der Waals surface area (Å²) in [5, 5.41) is 2.47. The van der Waals surface area contributed by atoms with Gasteiger partial charge in [-0.15, -0.1) is 11.3 Å². The van der Waals surface area contributed by atoms with Crippen molar-refractivity contribution < 1.29 is 13.2 Å². The van der Waals surface area contributed by atoms with Gasteiger partial charge in [-0.2, -0.15) is 16.1 Å². The molecule has 0 radical (unpaired) electrons. The highest BCUT2D eigenvalue weighted by molar-refractivity contribution is 7.99. The lowest BCUT2D eigenvalue weighted by Gasteiger charge is -2.20. The zero-order valence-corrected chi connectivity index (χ0v) is 16.9. The van der Waals surface area contributed by atoms with E-state index < -0.39 is 10.0 Å². The normalized spacial score (nSPS) is 19.7. The number of nitrogens with zero attached hydrogens (tertiary/aromatic N) is 1. The molecule has 1 fully saturated rings. The van der Waals surface area contributed by atoms with Crippen molar-refractivity contribution in [2.24, 2.45) is 0 Å². The standard InChI is InChI=1S/C18H23NO3S3/c1-14(2)22-15-5-7-16(8-6-15)25(20,21)19-10-9-18(24-13-11-19)17-4-3-12-23-17/h3-8,12,14,18H,9-11,13H2,1-2H3. The summed E-state index contributed by atoms with van der Waals surface area (Å²) in [5.74, 6) is 1.51. The van der Waals surface area contributed by atoms with Crippen molar-refractivity contribution in [2.75, 3.05) is 18.8 Å². The third kappa shape index (κ3) is 4.58. The molecule has 25 heavy (non-hydrogen) atoms. The summed E-state index contributed by atoms with van der Waals surface area (Å²) < 4.78 is 33.1.